The van der Waals surface area contributed by atoms with Crippen molar-refractivity contribution in [2.24, 2.45) is 0 Å². The van der Waals surface area contributed by atoms with E-state index in [9.17, 15) is 32.1 Å². The maximum Gasteiger partial charge on any atom is 0.346 e. The van der Waals surface area contributed by atoms with Crippen LogP contribution in [0.2, 0.25) is 0 Å². The highest BCUT2D eigenvalue weighted by molar-refractivity contribution is 7.93. The first-order valence-corrected chi connectivity index (χ1v) is 21.4. The van der Waals surface area contributed by atoms with Gasteiger partial charge in [0.1, 0.15) is 18.7 Å². The van der Waals surface area contributed by atoms with E-state index in [0.29, 0.717) is 50.7 Å². The van der Waals surface area contributed by atoms with E-state index in [4.69, 9.17) is 19.8 Å². The van der Waals surface area contributed by atoms with Crippen molar-refractivity contribution in [3.63, 3.8) is 0 Å². The minimum atomic E-state index is -5.03. The number of benzene rings is 1. The summed E-state index contributed by atoms with van der Waals surface area (Å²) in [6.45, 7) is 15.7. The Balaban J connectivity index is 0.000000877. The molecule has 0 spiro atoms. The molecule has 1 aromatic rings. The lowest BCUT2D eigenvalue weighted by molar-refractivity contribution is -0.432. The third-order valence-electron chi connectivity index (χ3n) is 9.03. The van der Waals surface area contributed by atoms with Crippen LogP contribution in [0.3, 0.4) is 0 Å². The Morgan fingerprint density at radius 2 is 1.27 bits per heavy atom. The quantitative estimate of drug-likeness (QED) is 0.0466. The molecule has 6 amide bonds. The summed E-state index contributed by atoms with van der Waals surface area (Å²) in [7, 11) is -5.03. The summed E-state index contributed by atoms with van der Waals surface area (Å²) in [5, 5.41) is 12.4. The lowest BCUT2D eigenvalue weighted by Crippen LogP contribution is -2.49. The predicted octanol–water partition coefficient (Wildman–Crippen LogP) is 4.26. The topological polar surface area (TPSA) is 241 Å². The molecule has 0 radical (unpaired) electrons. The zero-order chi connectivity index (χ0) is 42.4. The molecule has 1 aromatic carbocycles. The molecule has 342 valence electrons. The molecule has 0 saturated carbocycles. The molecule has 21 nitrogen and oxygen atoms in total. The van der Waals surface area contributed by atoms with E-state index >= 15 is 0 Å². The Morgan fingerprint density at radius 3 is 1.64 bits per heavy atom. The molecule has 3 N–H and O–H groups in total. The van der Waals surface area contributed by atoms with E-state index < -0.39 is 40.5 Å². The normalized spacial score (nSPS) is 20.2. The van der Waals surface area contributed by atoms with Crippen molar-refractivity contribution in [3.8, 4) is 0 Å². The molecule has 4 aliphatic rings. The zero-order valence-corrected chi connectivity index (χ0v) is 35.0. The van der Waals surface area contributed by atoms with E-state index in [1.54, 1.807) is 11.2 Å². The number of carbonyl (C=O) groups is 4. The number of nitrogens with zero attached hydrogens (tertiary/aromatic N) is 5. The highest BCUT2D eigenvalue weighted by Crippen LogP contribution is 2.32. The second-order valence-corrected chi connectivity index (χ2v) is 14.3. The van der Waals surface area contributed by atoms with Crippen LogP contribution >= 0.6 is 12.0 Å². The van der Waals surface area contributed by atoms with E-state index in [0.717, 1.165) is 36.9 Å². The fourth-order valence-electron chi connectivity index (χ4n) is 6.18. The number of hydrogen-bond donors (Lipinski definition) is 3. The molecular formula is C36H66N7O14S2-. The average Bonchev–Trinajstić information content (AvgIpc) is 3.58. The van der Waals surface area contributed by atoms with Gasteiger partial charge in [-0.15, -0.1) is 4.33 Å². The predicted molar refractivity (Wildman–Crippen MR) is 218 cm³/mol. The molecule has 4 aliphatic heterocycles. The van der Waals surface area contributed by atoms with Gasteiger partial charge in [-0.25, -0.2) is 34.2 Å². The molecule has 4 fully saturated rings. The summed E-state index contributed by atoms with van der Waals surface area (Å²) in [6.07, 6.45) is 5.19. The first-order valence-electron chi connectivity index (χ1n) is 18.9. The van der Waals surface area contributed by atoms with Gasteiger partial charge in [0.15, 0.2) is 0 Å². The summed E-state index contributed by atoms with van der Waals surface area (Å²) >= 11 is 0.929. The number of piperidine rings is 2. The number of rotatable bonds is 18. The minimum absolute atomic E-state index is 0. The summed E-state index contributed by atoms with van der Waals surface area (Å²) in [4.78, 5) is 69.6. The van der Waals surface area contributed by atoms with Crippen LogP contribution in [-0.2, 0) is 54.8 Å². The highest BCUT2D eigenvalue weighted by Gasteiger charge is 2.49. The summed E-state index contributed by atoms with van der Waals surface area (Å²) in [5.74, 6) is -0.748. The number of urea groups is 2. The van der Waals surface area contributed by atoms with Crippen LogP contribution in [-0.4, -0.2) is 143 Å². The van der Waals surface area contributed by atoms with Gasteiger partial charge in [-0.05, 0) is 63.7 Å². The van der Waals surface area contributed by atoms with E-state index in [1.165, 1.54) is 29.6 Å². The van der Waals surface area contributed by atoms with Gasteiger partial charge in [0, 0.05) is 31.4 Å². The Hall–Kier alpha value is -3.36. The summed E-state index contributed by atoms with van der Waals surface area (Å²) < 4.78 is 39.8. The lowest BCUT2D eigenvalue weighted by atomic mass is 10.0. The summed E-state index contributed by atoms with van der Waals surface area (Å²) in [5.41, 5.74) is 5.69. The van der Waals surface area contributed by atoms with Crippen molar-refractivity contribution in [2.45, 2.75) is 119 Å². The molecule has 4 atom stereocenters. The van der Waals surface area contributed by atoms with Crippen LogP contribution in [0.25, 0.3) is 0 Å². The van der Waals surface area contributed by atoms with Crippen LogP contribution < -0.4 is 11.0 Å². The molecule has 5 rings (SSSR count). The van der Waals surface area contributed by atoms with Gasteiger partial charge in [-0.2, -0.15) is 14.4 Å². The molecule has 59 heavy (non-hydrogen) atoms. The second kappa shape index (κ2) is 29.8. The zero-order valence-electron chi connectivity index (χ0n) is 33.4. The average molecular weight is 885 g/mol. The van der Waals surface area contributed by atoms with Crippen molar-refractivity contribution in [1.29, 1.82) is 0 Å². The fourth-order valence-corrected chi connectivity index (χ4v) is 6.62. The molecular weight excluding hydrogens is 819 g/mol. The summed E-state index contributed by atoms with van der Waals surface area (Å²) in [6, 6.07) is 6.84. The van der Waals surface area contributed by atoms with Gasteiger partial charge in [0.2, 0.25) is 10.4 Å². The van der Waals surface area contributed by atoms with E-state index in [2.05, 4.69) is 50.3 Å². The molecule has 4 heterocycles. The van der Waals surface area contributed by atoms with Crippen molar-refractivity contribution in [2.75, 3.05) is 52.2 Å². The van der Waals surface area contributed by atoms with Crippen LogP contribution in [0.1, 0.15) is 93.6 Å². The van der Waals surface area contributed by atoms with Crippen LogP contribution in [0, 0.1) is 0 Å². The molecule has 23 heteroatoms. The Kier molecular flexibility index (Phi) is 28.1. The van der Waals surface area contributed by atoms with Gasteiger partial charge < -0.3 is 19.3 Å². The number of carbonyl (C=O) groups excluding carboxylic acids is 4. The van der Waals surface area contributed by atoms with Crippen LogP contribution in [0.4, 0.5) is 9.59 Å². The number of hydrogen-bond acceptors (Lipinski definition) is 16. The van der Waals surface area contributed by atoms with Gasteiger partial charge in [0.25, 0.3) is 11.8 Å². The maximum absolute atomic E-state index is 12.6. The monoisotopic (exact) mass is 884 g/mol. The number of nitrogens with one attached hydrogen (secondary N) is 2. The van der Waals surface area contributed by atoms with Crippen LogP contribution in [0.15, 0.2) is 30.3 Å². The van der Waals surface area contributed by atoms with Crippen molar-refractivity contribution >= 4 is 46.3 Å². The molecule has 4 bridgehead atoms. The highest BCUT2D eigenvalue weighted by atomic mass is 32.3. The first-order chi connectivity index (χ1) is 27.3. The lowest BCUT2D eigenvalue weighted by Gasteiger charge is -2.28. The van der Waals surface area contributed by atoms with Crippen molar-refractivity contribution < 1.29 is 65.6 Å². The van der Waals surface area contributed by atoms with Crippen molar-refractivity contribution in [3.05, 3.63) is 35.9 Å². The molecule has 4 saturated heterocycles. The fraction of sp³-hybridized carbons (Fsp3) is 0.722. The van der Waals surface area contributed by atoms with Gasteiger partial charge in [-0.1, -0.05) is 84.8 Å². The molecule has 0 aliphatic carbocycles. The molecule has 0 aromatic heterocycles. The van der Waals surface area contributed by atoms with E-state index in [1.807, 2.05) is 44.2 Å². The Labute approximate surface area is 353 Å². The SMILES string of the molecule is C.C.CCCONC(=O)[C@@H]1CC[C@@H]2CN1C(=O)N2OCc1ccccc1.CCCONC(=O)[C@@H]1CC[C@@H]2CN1C(=O)N2OS(=O)(=O)[O-].CCN(CC)CC.CSOOO. The van der Waals surface area contributed by atoms with Crippen molar-refractivity contribution in [1.82, 2.24) is 35.8 Å². The second-order valence-electron chi connectivity index (χ2n) is 12.8. The molecule has 0 unspecified atom stereocenters. The largest absolute Gasteiger partial charge is 0.724 e. The van der Waals surface area contributed by atoms with Gasteiger partial charge >= 0.3 is 12.1 Å². The third-order valence-corrected chi connectivity index (χ3v) is 9.57. The number of fused-ring (bicyclic) bond motifs is 4. The standard InChI is InChI=1S/C17H23N3O4.C10H17N3O7S.C6H15N.CH4O3S.2CH4/c1-2-10-23-18-16(21)15-9-8-14-11-19(15)17(22)20(14)24-12-13-6-4-3-5-7-13;1-2-5-19-11-9(14)8-4-3-7-6-12(8)10(15)13(7)20-21(16,17)18;1-4-7(5-2)6-3;1-5-4-3-2;;/h3-7,14-15H,2,8-12H2,1H3,(H,18,21);7-8H,2-6H2,1H3,(H,11,14)(H,16,17,18);4-6H2,1-3H3;2H,1H3;2*1H4/p-1/t14-,15+;7-,8+;;;;/m11..../s1. The minimum Gasteiger partial charge on any atom is -0.724 e. The van der Waals surface area contributed by atoms with Crippen LogP contribution in [0.5, 0.6) is 0 Å². The first kappa shape index (κ1) is 55.6. The Bertz CT molecular complexity index is 1460. The maximum atomic E-state index is 12.6. The third kappa shape index (κ3) is 18.4. The smallest absolute Gasteiger partial charge is 0.346 e. The van der Waals surface area contributed by atoms with Gasteiger partial charge in [-0.3, -0.25) is 24.1 Å². The Morgan fingerprint density at radius 1 is 0.814 bits per heavy atom. The van der Waals surface area contributed by atoms with E-state index in [-0.39, 0.29) is 39.4 Å². The van der Waals surface area contributed by atoms with Gasteiger partial charge in [0.05, 0.1) is 25.3 Å². The number of amides is 6. The number of hydroxylamine groups is 6.